The zero-order valence-corrected chi connectivity index (χ0v) is 20.6. The molecule has 1 saturated heterocycles. The van der Waals surface area contributed by atoms with Crippen LogP contribution in [0.25, 0.3) is 10.9 Å². The Hall–Kier alpha value is -3.65. The molecule has 3 heterocycles. The Morgan fingerprint density at radius 2 is 1.91 bits per heavy atom. The third-order valence-corrected chi connectivity index (χ3v) is 7.98. The van der Waals surface area contributed by atoms with E-state index in [9.17, 15) is 14.7 Å². The van der Waals surface area contributed by atoms with E-state index in [1.54, 1.807) is 17.5 Å². The van der Waals surface area contributed by atoms with Crippen molar-refractivity contribution in [3.8, 4) is 5.75 Å². The zero-order valence-electron chi connectivity index (χ0n) is 19.8. The van der Waals surface area contributed by atoms with Crippen molar-refractivity contribution in [2.45, 2.75) is 39.0 Å². The number of piperidine rings is 1. The summed E-state index contributed by atoms with van der Waals surface area (Å²) in [5.41, 5.74) is 4.72. The molecule has 8 heteroatoms. The van der Waals surface area contributed by atoms with Crippen molar-refractivity contribution in [3.05, 3.63) is 75.4 Å². The van der Waals surface area contributed by atoms with Gasteiger partial charge in [0.25, 0.3) is 5.91 Å². The van der Waals surface area contributed by atoms with Crippen LogP contribution in [-0.2, 0) is 11.2 Å². The molecule has 1 fully saturated rings. The van der Waals surface area contributed by atoms with E-state index in [0.717, 1.165) is 45.4 Å². The first kappa shape index (κ1) is 23.1. The van der Waals surface area contributed by atoms with Gasteiger partial charge < -0.3 is 20.3 Å². The van der Waals surface area contributed by atoms with Crippen molar-refractivity contribution >= 4 is 39.7 Å². The predicted molar refractivity (Wildman–Crippen MR) is 138 cm³/mol. The molecule has 1 aliphatic heterocycles. The average molecular weight is 489 g/mol. The van der Waals surface area contributed by atoms with Gasteiger partial charge in [0.05, 0.1) is 11.4 Å². The van der Waals surface area contributed by atoms with Crippen LogP contribution in [0.1, 0.15) is 50.9 Å². The number of aromatic amines is 1. The van der Waals surface area contributed by atoms with E-state index in [1.807, 2.05) is 49.2 Å². The van der Waals surface area contributed by atoms with Crippen molar-refractivity contribution in [2.75, 3.05) is 18.4 Å². The number of anilines is 1. The van der Waals surface area contributed by atoms with Crippen LogP contribution in [0.3, 0.4) is 0 Å². The Morgan fingerprint density at radius 3 is 2.71 bits per heavy atom. The number of benzene rings is 2. The number of fused-ring (bicyclic) bond motifs is 1. The van der Waals surface area contributed by atoms with Crippen LogP contribution in [-0.4, -0.2) is 44.9 Å². The standard InChI is InChI=1S/C27H28N4O3S/c1-16-17(2)24(32)8-7-21(16)29-26(34)23-15-35-27(30-23)18-9-11-31(12-10-18)25(33)13-19-14-28-22-6-4-3-5-20(19)22/h3-8,14-15,18,28,32H,9-13H2,1-2H3,(H,29,34). The smallest absolute Gasteiger partial charge is 0.275 e. The number of likely N-dealkylation sites (tertiary alicyclic amines) is 1. The summed E-state index contributed by atoms with van der Waals surface area (Å²) in [6.07, 6.45) is 4.00. The highest BCUT2D eigenvalue weighted by molar-refractivity contribution is 7.10. The fourth-order valence-corrected chi connectivity index (χ4v) is 5.61. The van der Waals surface area contributed by atoms with Crippen LogP contribution in [0.5, 0.6) is 5.75 Å². The number of thiazole rings is 1. The van der Waals surface area contributed by atoms with Crippen molar-refractivity contribution in [1.82, 2.24) is 14.9 Å². The fraction of sp³-hybridized carbons (Fsp3) is 0.296. The highest BCUT2D eigenvalue weighted by Crippen LogP contribution is 2.32. The van der Waals surface area contributed by atoms with Gasteiger partial charge in [0, 0.05) is 47.2 Å². The summed E-state index contributed by atoms with van der Waals surface area (Å²) in [6.45, 7) is 5.07. The first-order valence-corrected chi connectivity index (χ1v) is 12.7. The molecule has 5 rings (SSSR count). The largest absolute Gasteiger partial charge is 0.508 e. The average Bonchev–Trinajstić information content (AvgIpc) is 3.53. The molecular weight excluding hydrogens is 460 g/mol. The minimum absolute atomic E-state index is 0.145. The molecule has 2 aromatic heterocycles. The van der Waals surface area contributed by atoms with E-state index < -0.39 is 0 Å². The number of phenolic OH excluding ortho intramolecular Hbond substituents is 1. The lowest BCUT2D eigenvalue weighted by atomic mass is 9.97. The Labute approximate surface area is 207 Å². The minimum atomic E-state index is -0.257. The van der Waals surface area contributed by atoms with E-state index in [2.05, 4.69) is 15.3 Å². The maximum absolute atomic E-state index is 12.9. The number of para-hydroxylation sites is 1. The van der Waals surface area contributed by atoms with Crippen molar-refractivity contribution in [1.29, 1.82) is 0 Å². The molecule has 4 aromatic rings. The number of aromatic nitrogens is 2. The maximum atomic E-state index is 12.9. The fourth-order valence-electron chi connectivity index (χ4n) is 4.64. The number of carbonyl (C=O) groups is 2. The van der Waals surface area contributed by atoms with Gasteiger partial charge in [0.2, 0.25) is 5.91 Å². The number of hydrogen-bond acceptors (Lipinski definition) is 5. The van der Waals surface area contributed by atoms with Crippen molar-refractivity contribution in [2.24, 2.45) is 0 Å². The van der Waals surface area contributed by atoms with E-state index in [4.69, 9.17) is 0 Å². The van der Waals surface area contributed by atoms with Crippen LogP contribution in [0.15, 0.2) is 48.0 Å². The summed E-state index contributed by atoms with van der Waals surface area (Å²) >= 11 is 1.50. The molecule has 0 spiro atoms. The molecule has 0 unspecified atom stereocenters. The third-order valence-electron chi connectivity index (χ3n) is 6.97. The summed E-state index contributed by atoms with van der Waals surface area (Å²) in [4.78, 5) is 35.5. The van der Waals surface area contributed by atoms with Crippen LogP contribution in [0, 0.1) is 13.8 Å². The second-order valence-corrected chi connectivity index (χ2v) is 9.99. The van der Waals surface area contributed by atoms with Crippen LogP contribution in [0.4, 0.5) is 5.69 Å². The first-order valence-electron chi connectivity index (χ1n) is 11.8. The monoisotopic (exact) mass is 488 g/mol. The number of rotatable bonds is 5. The minimum Gasteiger partial charge on any atom is -0.508 e. The number of carbonyl (C=O) groups excluding carboxylic acids is 2. The first-order chi connectivity index (χ1) is 16.9. The molecule has 180 valence electrons. The molecular formula is C27H28N4O3S. The van der Waals surface area contributed by atoms with Gasteiger partial charge in [-0.05, 0) is 61.6 Å². The van der Waals surface area contributed by atoms with E-state index >= 15 is 0 Å². The van der Waals surface area contributed by atoms with Crippen LogP contribution >= 0.6 is 11.3 Å². The van der Waals surface area contributed by atoms with Crippen LogP contribution < -0.4 is 5.32 Å². The molecule has 0 atom stereocenters. The Balaban J connectivity index is 1.18. The number of nitrogens with one attached hydrogen (secondary N) is 2. The zero-order chi connectivity index (χ0) is 24.5. The highest BCUT2D eigenvalue weighted by atomic mass is 32.1. The third kappa shape index (κ3) is 4.66. The van der Waals surface area contributed by atoms with Gasteiger partial charge in [0.15, 0.2) is 0 Å². The molecule has 3 N–H and O–H groups in total. The number of aromatic hydroxyl groups is 1. The lowest BCUT2D eigenvalue weighted by Gasteiger charge is -2.31. The molecule has 0 aliphatic carbocycles. The van der Waals surface area contributed by atoms with Crippen molar-refractivity contribution in [3.63, 3.8) is 0 Å². The number of nitrogens with zero attached hydrogens (tertiary/aromatic N) is 2. The molecule has 2 aromatic carbocycles. The second-order valence-electron chi connectivity index (χ2n) is 9.10. The molecule has 0 radical (unpaired) electrons. The van der Waals surface area contributed by atoms with Gasteiger partial charge in [-0.3, -0.25) is 9.59 Å². The molecule has 1 aliphatic rings. The van der Waals surface area contributed by atoms with E-state index in [0.29, 0.717) is 30.9 Å². The highest BCUT2D eigenvalue weighted by Gasteiger charge is 2.27. The quantitative estimate of drug-likeness (QED) is 0.339. The number of hydrogen-bond donors (Lipinski definition) is 3. The molecule has 0 saturated carbocycles. The Kier molecular flexibility index (Phi) is 6.30. The number of amides is 2. The van der Waals surface area contributed by atoms with Gasteiger partial charge in [-0.2, -0.15) is 0 Å². The maximum Gasteiger partial charge on any atom is 0.275 e. The normalized spacial score (nSPS) is 14.4. The van der Waals surface area contributed by atoms with E-state index in [1.165, 1.54) is 11.3 Å². The Bertz CT molecular complexity index is 1400. The van der Waals surface area contributed by atoms with E-state index in [-0.39, 0.29) is 23.5 Å². The number of phenols is 1. The molecule has 35 heavy (non-hydrogen) atoms. The van der Waals surface area contributed by atoms with Gasteiger partial charge >= 0.3 is 0 Å². The predicted octanol–water partition coefficient (Wildman–Crippen LogP) is 5.15. The molecule has 7 nitrogen and oxygen atoms in total. The lowest BCUT2D eigenvalue weighted by molar-refractivity contribution is -0.131. The summed E-state index contributed by atoms with van der Waals surface area (Å²) in [5.74, 6) is 0.345. The summed E-state index contributed by atoms with van der Waals surface area (Å²) in [7, 11) is 0. The lowest BCUT2D eigenvalue weighted by Crippen LogP contribution is -2.38. The Morgan fingerprint density at radius 1 is 1.14 bits per heavy atom. The van der Waals surface area contributed by atoms with Gasteiger partial charge in [-0.1, -0.05) is 18.2 Å². The summed E-state index contributed by atoms with van der Waals surface area (Å²) in [5, 5.41) is 16.6. The molecule has 0 bridgehead atoms. The summed E-state index contributed by atoms with van der Waals surface area (Å²) < 4.78 is 0. The van der Waals surface area contributed by atoms with Crippen LogP contribution in [0.2, 0.25) is 0 Å². The van der Waals surface area contributed by atoms with Gasteiger partial charge in [0.1, 0.15) is 11.4 Å². The summed E-state index contributed by atoms with van der Waals surface area (Å²) in [6, 6.07) is 11.3. The van der Waals surface area contributed by atoms with Gasteiger partial charge in [-0.15, -0.1) is 11.3 Å². The van der Waals surface area contributed by atoms with Gasteiger partial charge in [-0.25, -0.2) is 4.98 Å². The SMILES string of the molecule is Cc1c(O)ccc(NC(=O)c2csc(C3CCN(C(=O)Cc4c[nH]c5ccccc45)CC3)n2)c1C. The topological polar surface area (TPSA) is 98.3 Å². The van der Waals surface area contributed by atoms with Crippen molar-refractivity contribution < 1.29 is 14.7 Å². The second kappa shape index (κ2) is 9.54. The molecule has 2 amide bonds. The number of H-pyrrole nitrogens is 1.